The van der Waals surface area contributed by atoms with E-state index in [1.165, 1.54) is 6.92 Å². The van der Waals surface area contributed by atoms with E-state index in [0.717, 1.165) is 42.5 Å². The van der Waals surface area contributed by atoms with Crippen molar-refractivity contribution in [1.82, 2.24) is 5.32 Å². The highest BCUT2D eigenvalue weighted by atomic mass is 35.5. The zero-order valence-corrected chi connectivity index (χ0v) is 16.5. The standard InChI is InChI=1S/C22H25ClN2O2/c1-15(17-6-5-7-20(14-17)25-16(2)26)24-21(27)22(12-3-4-13-22)18-8-10-19(23)11-9-18/h5-11,14-15H,3-4,12-13H2,1-2H3,(H,24,27)(H,25,26). The first-order chi connectivity index (χ1) is 12.9. The number of halogens is 1. The first-order valence-corrected chi connectivity index (χ1v) is 9.73. The molecule has 1 unspecified atom stereocenters. The molecule has 0 heterocycles. The summed E-state index contributed by atoms with van der Waals surface area (Å²) in [7, 11) is 0. The molecule has 1 aliphatic rings. The van der Waals surface area contributed by atoms with Gasteiger partial charge in [0.1, 0.15) is 0 Å². The number of anilines is 1. The van der Waals surface area contributed by atoms with Crippen LogP contribution in [0.5, 0.6) is 0 Å². The molecule has 2 aromatic rings. The Bertz CT molecular complexity index is 826. The van der Waals surface area contributed by atoms with Crippen LogP contribution in [-0.4, -0.2) is 11.8 Å². The fourth-order valence-corrected chi connectivity index (χ4v) is 4.03. The third-order valence-electron chi connectivity index (χ3n) is 5.34. The molecule has 1 saturated carbocycles. The lowest BCUT2D eigenvalue weighted by Crippen LogP contribution is -2.43. The monoisotopic (exact) mass is 384 g/mol. The molecule has 3 rings (SSSR count). The van der Waals surface area contributed by atoms with Crippen molar-refractivity contribution in [2.45, 2.75) is 51.0 Å². The second-order valence-corrected chi connectivity index (χ2v) is 7.73. The van der Waals surface area contributed by atoms with Gasteiger partial charge in [-0.15, -0.1) is 0 Å². The Morgan fingerprint density at radius 3 is 2.37 bits per heavy atom. The van der Waals surface area contributed by atoms with Gasteiger partial charge in [0.15, 0.2) is 0 Å². The number of hydrogen-bond donors (Lipinski definition) is 2. The van der Waals surface area contributed by atoms with E-state index < -0.39 is 5.41 Å². The van der Waals surface area contributed by atoms with Crippen molar-refractivity contribution in [3.05, 3.63) is 64.7 Å². The summed E-state index contributed by atoms with van der Waals surface area (Å²) in [6.07, 6.45) is 3.78. The lowest BCUT2D eigenvalue weighted by atomic mass is 9.77. The summed E-state index contributed by atoms with van der Waals surface area (Å²) in [6.45, 7) is 3.45. The van der Waals surface area contributed by atoms with Crippen molar-refractivity contribution in [3.8, 4) is 0 Å². The average Bonchev–Trinajstić information content (AvgIpc) is 3.13. The van der Waals surface area contributed by atoms with Gasteiger partial charge in [-0.25, -0.2) is 0 Å². The quantitative estimate of drug-likeness (QED) is 0.763. The largest absolute Gasteiger partial charge is 0.349 e. The summed E-state index contributed by atoms with van der Waals surface area (Å²) >= 11 is 6.03. The van der Waals surface area contributed by atoms with Gasteiger partial charge in [-0.2, -0.15) is 0 Å². The number of benzene rings is 2. The third-order valence-corrected chi connectivity index (χ3v) is 5.60. The van der Waals surface area contributed by atoms with E-state index in [1.807, 2.05) is 55.5 Å². The van der Waals surface area contributed by atoms with Crippen LogP contribution in [0.3, 0.4) is 0 Å². The number of amides is 2. The van der Waals surface area contributed by atoms with Crippen molar-refractivity contribution in [1.29, 1.82) is 0 Å². The van der Waals surface area contributed by atoms with Crippen LogP contribution >= 0.6 is 11.6 Å². The Balaban J connectivity index is 1.80. The maximum Gasteiger partial charge on any atom is 0.231 e. The molecule has 5 heteroatoms. The predicted octanol–water partition coefficient (Wildman–Crippen LogP) is 4.99. The highest BCUT2D eigenvalue weighted by molar-refractivity contribution is 6.30. The molecule has 4 nitrogen and oxygen atoms in total. The van der Waals surface area contributed by atoms with E-state index in [2.05, 4.69) is 10.6 Å². The molecule has 2 aromatic carbocycles. The van der Waals surface area contributed by atoms with Gasteiger partial charge in [0, 0.05) is 17.6 Å². The molecule has 2 N–H and O–H groups in total. The fraction of sp³-hybridized carbons (Fsp3) is 0.364. The van der Waals surface area contributed by atoms with Crippen molar-refractivity contribution in [2.24, 2.45) is 0 Å². The molecule has 142 valence electrons. The van der Waals surface area contributed by atoms with Gasteiger partial charge in [0.25, 0.3) is 0 Å². The SMILES string of the molecule is CC(=O)Nc1cccc(C(C)NC(=O)C2(c3ccc(Cl)cc3)CCCC2)c1. The van der Waals surface area contributed by atoms with Crippen LogP contribution in [0.25, 0.3) is 0 Å². The van der Waals surface area contributed by atoms with Crippen LogP contribution in [0.4, 0.5) is 5.69 Å². The van der Waals surface area contributed by atoms with E-state index in [9.17, 15) is 9.59 Å². The van der Waals surface area contributed by atoms with E-state index in [4.69, 9.17) is 11.6 Å². The molecular formula is C22H25ClN2O2. The molecule has 0 spiro atoms. The molecule has 27 heavy (non-hydrogen) atoms. The van der Waals surface area contributed by atoms with E-state index in [1.54, 1.807) is 0 Å². The topological polar surface area (TPSA) is 58.2 Å². The number of rotatable bonds is 5. The van der Waals surface area contributed by atoms with Gasteiger partial charge in [-0.3, -0.25) is 9.59 Å². The van der Waals surface area contributed by atoms with Crippen molar-refractivity contribution in [2.75, 3.05) is 5.32 Å². The summed E-state index contributed by atoms with van der Waals surface area (Å²) < 4.78 is 0. The van der Waals surface area contributed by atoms with Crippen LogP contribution in [0.2, 0.25) is 5.02 Å². The minimum Gasteiger partial charge on any atom is -0.349 e. The number of hydrogen-bond acceptors (Lipinski definition) is 2. The molecule has 0 bridgehead atoms. The second-order valence-electron chi connectivity index (χ2n) is 7.30. The normalized spacial score (nSPS) is 16.6. The molecule has 0 radical (unpaired) electrons. The average molecular weight is 385 g/mol. The van der Waals surface area contributed by atoms with E-state index in [0.29, 0.717) is 5.02 Å². The van der Waals surface area contributed by atoms with Gasteiger partial charge < -0.3 is 10.6 Å². The molecule has 0 saturated heterocycles. The Labute approximate surface area is 165 Å². The highest BCUT2D eigenvalue weighted by Gasteiger charge is 2.43. The summed E-state index contributed by atoms with van der Waals surface area (Å²) in [5.74, 6) is -0.0590. The molecule has 1 fully saturated rings. The minimum absolute atomic E-state index is 0.0553. The Morgan fingerprint density at radius 2 is 1.74 bits per heavy atom. The maximum atomic E-state index is 13.3. The van der Waals surface area contributed by atoms with E-state index >= 15 is 0 Å². The van der Waals surface area contributed by atoms with Crippen LogP contribution in [0, 0.1) is 0 Å². The number of carbonyl (C=O) groups excluding carboxylic acids is 2. The van der Waals surface area contributed by atoms with Crippen LogP contribution in [0.1, 0.15) is 56.7 Å². The molecule has 2 amide bonds. The van der Waals surface area contributed by atoms with Gasteiger partial charge in [0.2, 0.25) is 11.8 Å². The summed E-state index contributed by atoms with van der Waals surface area (Å²) in [6, 6.07) is 15.1. The molecule has 1 aliphatic carbocycles. The second kappa shape index (κ2) is 8.13. The van der Waals surface area contributed by atoms with Gasteiger partial charge in [-0.1, -0.05) is 48.7 Å². The van der Waals surface area contributed by atoms with Gasteiger partial charge in [-0.05, 0) is 55.2 Å². The van der Waals surface area contributed by atoms with E-state index in [-0.39, 0.29) is 17.9 Å². The van der Waals surface area contributed by atoms with Crippen LogP contribution in [0.15, 0.2) is 48.5 Å². The first-order valence-electron chi connectivity index (χ1n) is 9.35. The Hall–Kier alpha value is -2.33. The summed E-state index contributed by atoms with van der Waals surface area (Å²) in [4.78, 5) is 24.6. The lowest BCUT2D eigenvalue weighted by molar-refractivity contribution is -0.127. The summed E-state index contributed by atoms with van der Waals surface area (Å²) in [5.41, 5.74) is 2.23. The molecule has 0 aliphatic heterocycles. The van der Waals surface area contributed by atoms with Crippen molar-refractivity contribution < 1.29 is 9.59 Å². The highest BCUT2D eigenvalue weighted by Crippen LogP contribution is 2.42. The fourth-order valence-electron chi connectivity index (χ4n) is 3.90. The summed E-state index contributed by atoms with van der Waals surface area (Å²) in [5, 5.41) is 6.65. The zero-order chi connectivity index (χ0) is 19.4. The Morgan fingerprint density at radius 1 is 1.07 bits per heavy atom. The smallest absolute Gasteiger partial charge is 0.231 e. The first kappa shape index (κ1) is 19.4. The lowest BCUT2D eigenvalue weighted by Gasteiger charge is -2.30. The number of nitrogens with one attached hydrogen (secondary N) is 2. The van der Waals surface area contributed by atoms with Crippen LogP contribution < -0.4 is 10.6 Å². The zero-order valence-electron chi connectivity index (χ0n) is 15.7. The third kappa shape index (κ3) is 4.33. The Kier molecular flexibility index (Phi) is 5.85. The predicted molar refractivity (Wildman–Crippen MR) is 109 cm³/mol. The van der Waals surface area contributed by atoms with Crippen molar-refractivity contribution >= 4 is 29.1 Å². The molecule has 0 aromatic heterocycles. The van der Waals surface area contributed by atoms with Crippen molar-refractivity contribution in [3.63, 3.8) is 0 Å². The molecular weight excluding hydrogens is 360 g/mol. The van der Waals surface area contributed by atoms with Gasteiger partial charge >= 0.3 is 0 Å². The van der Waals surface area contributed by atoms with Gasteiger partial charge in [0.05, 0.1) is 11.5 Å². The number of carbonyl (C=O) groups is 2. The minimum atomic E-state index is -0.492. The molecule has 1 atom stereocenters. The maximum absolute atomic E-state index is 13.3. The van der Waals surface area contributed by atoms with Crippen LogP contribution in [-0.2, 0) is 15.0 Å².